The summed E-state index contributed by atoms with van der Waals surface area (Å²) in [5, 5.41) is 3.13. The number of para-hydroxylation sites is 2. The summed E-state index contributed by atoms with van der Waals surface area (Å²) in [5.74, 6) is 1.46. The van der Waals surface area contributed by atoms with Gasteiger partial charge in [-0.3, -0.25) is 4.79 Å². The minimum absolute atomic E-state index is 0.0528. The molecule has 0 aliphatic heterocycles. The van der Waals surface area contributed by atoms with Crippen molar-refractivity contribution in [3.05, 3.63) is 72.1 Å². The Morgan fingerprint density at radius 1 is 1.20 bits per heavy atom. The van der Waals surface area contributed by atoms with Crippen molar-refractivity contribution in [1.82, 2.24) is 10.3 Å². The average Bonchev–Trinajstić information content (AvgIpc) is 3.20. The molecule has 1 heterocycles. The van der Waals surface area contributed by atoms with Gasteiger partial charge in [-0.15, -0.1) is 0 Å². The number of nitrogens with one attached hydrogen (secondary N) is 1. The van der Waals surface area contributed by atoms with Crippen molar-refractivity contribution in [3.63, 3.8) is 0 Å². The Bertz CT molecular complexity index is 881. The van der Waals surface area contributed by atoms with E-state index in [4.69, 9.17) is 4.42 Å². The van der Waals surface area contributed by atoms with Crippen molar-refractivity contribution in [2.75, 3.05) is 0 Å². The van der Waals surface area contributed by atoms with Crippen LogP contribution >= 0.6 is 0 Å². The van der Waals surface area contributed by atoms with E-state index in [0.717, 1.165) is 23.1 Å². The van der Waals surface area contributed by atoms with Crippen LogP contribution in [0.1, 0.15) is 30.8 Å². The zero-order valence-electron chi connectivity index (χ0n) is 14.1. The van der Waals surface area contributed by atoms with Crippen LogP contribution in [0.2, 0.25) is 0 Å². The third-order valence-corrected chi connectivity index (χ3v) is 4.74. The topological polar surface area (TPSA) is 55.1 Å². The molecular weight excluding hydrogens is 312 g/mol. The highest BCUT2D eigenvalue weighted by molar-refractivity contribution is 5.91. The smallest absolute Gasteiger partial charge is 0.244 e. The maximum Gasteiger partial charge on any atom is 0.244 e. The number of hydrogen-bond donors (Lipinski definition) is 1. The Labute approximate surface area is 146 Å². The Morgan fingerprint density at radius 2 is 1.92 bits per heavy atom. The van der Waals surface area contributed by atoms with E-state index in [9.17, 15) is 4.79 Å². The first-order valence-electron chi connectivity index (χ1n) is 8.60. The zero-order valence-corrected chi connectivity index (χ0v) is 14.1. The molecule has 1 N–H and O–H groups in total. The highest BCUT2D eigenvalue weighted by Gasteiger charge is 2.40. The number of benzene rings is 2. The standard InChI is InChI=1S/C21H20N2O2/c1-14-13-16(14)21(15-7-3-2-4-8-15)23-19(24)11-12-20-22-17-9-5-6-10-18(17)25-20/h2-12,14,16,21H,13H2,1H3,(H,23,24)/b12-11+. The molecule has 126 valence electrons. The lowest BCUT2D eigenvalue weighted by Crippen LogP contribution is -2.28. The van der Waals surface area contributed by atoms with Gasteiger partial charge in [-0.05, 0) is 36.0 Å². The van der Waals surface area contributed by atoms with Crippen LogP contribution in [-0.2, 0) is 4.79 Å². The van der Waals surface area contributed by atoms with Gasteiger partial charge in [-0.25, -0.2) is 4.98 Å². The monoisotopic (exact) mass is 332 g/mol. The lowest BCUT2D eigenvalue weighted by Gasteiger charge is -2.18. The quantitative estimate of drug-likeness (QED) is 0.707. The van der Waals surface area contributed by atoms with Crippen molar-refractivity contribution in [2.24, 2.45) is 11.8 Å². The van der Waals surface area contributed by atoms with Gasteiger partial charge < -0.3 is 9.73 Å². The maximum atomic E-state index is 12.4. The molecule has 1 amide bonds. The third kappa shape index (κ3) is 3.48. The number of hydrogen-bond acceptors (Lipinski definition) is 3. The van der Waals surface area contributed by atoms with E-state index in [1.807, 2.05) is 42.5 Å². The summed E-state index contributed by atoms with van der Waals surface area (Å²) >= 11 is 0. The second-order valence-electron chi connectivity index (χ2n) is 6.63. The normalized spacial score (nSPS) is 20.7. The predicted octanol–water partition coefficient (Wildman–Crippen LogP) is 4.35. The predicted molar refractivity (Wildman–Crippen MR) is 97.6 cm³/mol. The summed E-state index contributed by atoms with van der Waals surface area (Å²) in [4.78, 5) is 16.7. The fourth-order valence-electron chi connectivity index (χ4n) is 3.22. The van der Waals surface area contributed by atoms with Gasteiger partial charge in [0.1, 0.15) is 5.52 Å². The van der Waals surface area contributed by atoms with Crippen molar-refractivity contribution in [2.45, 2.75) is 19.4 Å². The molecule has 1 fully saturated rings. The largest absolute Gasteiger partial charge is 0.437 e. The first-order valence-corrected chi connectivity index (χ1v) is 8.60. The molecule has 2 aromatic carbocycles. The molecule has 4 rings (SSSR count). The number of oxazole rings is 1. The van der Waals surface area contributed by atoms with Gasteiger partial charge in [0.05, 0.1) is 6.04 Å². The van der Waals surface area contributed by atoms with Crippen molar-refractivity contribution in [1.29, 1.82) is 0 Å². The average molecular weight is 332 g/mol. The molecule has 3 atom stereocenters. The Morgan fingerprint density at radius 3 is 2.64 bits per heavy atom. The molecular formula is C21H20N2O2. The third-order valence-electron chi connectivity index (χ3n) is 4.74. The minimum Gasteiger partial charge on any atom is -0.437 e. The Balaban J connectivity index is 1.48. The summed E-state index contributed by atoms with van der Waals surface area (Å²) in [7, 11) is 0. The van der Waals surface area contributed by atoms with E-state index in [1.54, 1.807) is 6.08 Å². The number of rotatable bonds is 5. The van der Waals surface area contributed by atoms with Gasteiger partial charge in [0.25, 0.3) is 0 Å². The first-order chi connectivity index (χ1) is 12.2. The van der Waals surface area contributed by atoms with Crippen LogP contribution in [0.15, 0.2) is 65.1 Å². The fraction of sp³-hybridized carbons (Fsp3) is 0.238. The van der Waals surface area contributed by atoms with Gasteiger partial charge in [0.2, 0.25) is 11.8 Å². The molecule has 0 radical (unpaired) electrons. The fourth-order valence-corrected chi connectivity index (χ4v) is 3.22. The molecule has 3 unspecified atom stereocenters. The maximum absolute atomic E-state index is 12.4. The molecule has 0 saturated heterocycles. The van der Waals surface area contributed by atoms with Crippen molar-refractivity contribution in [3.8, 4) is 0 Å². The van der Waals surface area contributed by atoms with Gasteiger partial charge in [-0.2, -0.15) is 0 Å². The first kappa shape index (κ1) is 15.6. The van der Waals surface area contributed by atoms with Gasteiger partial charge in [0, 0.05) is 12.2 Å². The van der Waals surface area contributed by atoms with Crippen LogP contribution < -0.4 is 5.32 Å². The Hall–Kier alpha value is -2.88. The second kappa shape index (κ2) is 6.55. The molecule has 0 spiro atoms. The summed E-state index contributed by atoms with van der Waals surface area (Å²) in [6, 6.07) is 17.8. The number of aromatic nitrogens is 1. The SMILES string of the molecule is CC1CC1C(NC(=O)/C=C/c1nc2ccccc2o1)c1ccccc1. The zero-order chi connectivity index (χ0) is 17.2. The molecule has 25 heavy (non-hydrogen) atoms. The molecule has 1 aliphatic carbocycles. The molecule has 1 saturated carbocycles. The van der Waals surface area contributed by atoms with Crippen LogP contribution in [0.5, 0.6) is 0 Å². The number of carbonyl (C=O) groups is 1. The van der Waals surface area contributed by atoms with Crippen LogP contribution in [0.3, 0.4) is 0 Å². The molecule has 1 aromatic heterocycles. The van der Waals surface area contributed by atoms with Crippen LogP contribution in [0.4, 0.5) is 0 Å². The number of fused-ring (bicyclic) bond motifs is 1. The van der Waals surface area contributed by atoms with Crippen LogP contribution in [0.25, 0.3) is 17.2 Å². The summed E-state index contributed by atoms with van der Waals surface area (Å²) in [5.41, 5.74) is 2.66. The van der Waals surface area contributed by atoms with E-state index in [2.05, 4.69) is 29.4 Å². The van der Waals surface area contributed by atoms with E-state index in [-0.39, 0.29) is 11.9 Å². The number of amides is 1. The summed E-state index contributed by atoms with van der Waals surface area (Å²) < 4.78 is 5.61. The second-order valence-corrected chi connectivity index (χ2v) is 6.63. The van der Waals surface area contributed by atoms with Crippen molar-refractivity contribution >= 4 is 23.1 Å². The van der Waals surface area contributed by atoms with Crippen molar-refractivity contribution < 1.29 is 9.21 Å². The minimum atomic E-state index is -0.129. The number of carbonyl (C=O) groups excluding carboxylic acids is 1. The van der Waals surface area contributed by atoms with Gasteiger partial charge in [-0.1, -0.05) is 49.4 Å². The number of nitrogens with zero attached hydrogens (tertiary/aromatic N) is 1. The van der Waals surface area contributed by atoms with Gasteiger partial charge >= 0.3 is 0 Å². The lowest BCUT2D eigenvalue weighted by molar-refractivity contribution is -0.117. The van der Waals surface area contributed by atoms with Crippen LogP contribution in [-0.4, -0.2) is 10.9 Å². The molecule has 4 nitrogen and oxygen atoms in total. The molecule has 4 heteroatoms. The summed E-state index contributed by atoms with van der Waals surface area (Å²) in [6.07, 6.45) is 4.26. The van der Waals surface area contributed by atoms with E-state index >= 15 is 0 Å². The summed E-state index contributed by atoms with van der Waals surface area (Å²) in [6.45, 7) is 2.22. The van der Waals surface area contributed by atoms with E-state index in [0.29, 0.717) is 17.7 Å². The Kier molecular flexibility index (Phi) is 4.10. The lowest BCUT2D eigenvalue weighted by atomic mass is 10.0. The highest BCUT2D eigenvalue weighted by atomic mass is 16.3. The van der Waals surface area contributed by atoms with E-state index < -0.39 is 0 Å². The highest BCUT2D eigenvalue weighted by Crippen LogP contribution is 2.46. The molecule has 1 aliphatic rings. The van der Waals surface area contributed by atoms with E-state index in [1.165, 1.54) is 6.08 Å². The van der Waals surface area contributed by atoms with Gasteiger partial charge in [0.15, 0.2) is 5.58 Å². The van der Waals surface area contributed by atoms with Crippen LogP contribution in [0, 0.1) is 11.8 Å². The molecule has 3 aromatic rings. The molecule has 0 bridgehead atoms.